The predicted molar refractivity (Wildman–Crippen MR) is 174 cm³/mol. The normalized spacial score (nSPS) is 17.9. The van der Waals surface area contributed by atoms with Gasteiger partial charge in [-0.3, -0.25) is 0 Å². The van der Waals surface area contributed by atoms with E-state index in [0.29, 0.717) is 40.2 Å². The van der Waals surface area contributed by atoms with Crippen molar-refractivity contribution in [1.29, 1.82) is 0 Å². The molecule has 0 bridgehead atoms. The second-order valence-corrected chi connectivity index (χ2v) is 12.9. The second-order valence-electron chi connectivity index (χ2n) is 12.9. The maximum atomic E-state index is 12.9. The molecule has 1 aliphatic rings. The van der Waals surface area contributed by atoms with Crippen LogP contribution in [-0.2, 0) is 19.1 Å². The highest BCUT2D eigenvalue weighted by Crippen LogP contribution is 2.33. The minimum atomic E-state index is -1.28. The summed E-state index contributed by atoms with van der Waals surface area (Å²) in [5, 5.41) is 11.0. The van der Waals surface area contributed by atoms with Crippen LogP contribution in [0.25, 0.3) is 17.0 Å². The van der Waals surface area contributed by atoms with Crippen LogP contribution >= 0.6 is 0 Å². The molecule has 0 spiro atoms. The van der Waals surface area contributed by atoms with Crippen molar-refractivity contribution in [3.8, 4) is 11.8 Å². The number of furan rings is 1. The predicted octanol–water partition coefficient (Wildman–Crippen LogP) is 7.79. The molecule has 1 aliphatic heterocycles. The molecule has 0 amide bonds. The number of benzene rings is 2. The van der Waals surface area contributed by atoms with Crippen molar-refractivity contribution in [1.82, 2.24) is 0 Å². The van der Waals surface area contributed by atoms with Gasteiger partial charge in [0, 0.05) is 34.1 Å². The molecule has 6 heteroatoms. The molecule has 1 N–H and O–H groups in total. The Morgan fingerprint density at radius 1 is 1.02 bits per heavy atom. The summed E-state index contributed by atoms with van der Waals surface area (Å²) in [5.74, 6) is 7.44. The molecule has 0 radical (unpaired) electrons. The van der Waals surface area contributed by atoms with Crippen molar-refractivity contribution in [3.05, 3.63) is 88.2 Å². The van der Waals surface area contributed by atoms with Crippen LogP contribution in [-0.4, -0.2) is 35.9 Å². The second kappa shape index (κ2) is 14.6. The van der Waals surface area contributed by atoms with Crippen molar-refractivity contribution in [2.45, 2.75) is 72.8 Å². The summed E-state index contributed by atoms with van der Waals surface area (Å²) in [6, 6.07) is 15.6. The molecule has 0 aliphatic carbocycles. The molecule has 1 saturated heterocycles. The van der Waals surface area contributed by atoms with Crippen LogP contribution in [0.4, 0.5) is 0 Å². The van der Waals surface area contributed by atoms with Crippen molar-refractivity contribution in [2.75, 3.05) is 13.2 Å². The highest BCUT2D eigenvalue weighted by molar-refractivity contribution is 5.94. The third-order valence-corrected chi connectivity index (χ3v) is 7.76. The summed E-state index contributed by atoms with van der Waals surface area (Å²) >= 11 is 0. The van der Waals surface area contributed by atoms with Crippen molar-refractivity contribution >= 4 is 29.0 Å². The van der Waals surface area contributed by atoms with Gasteiger partial charge in [0.15, 0.2) is 5.60 Å². The number of carbonyl (C=O) groups is 2. The average Bonchev–Trinajstić information content (AvgIpc) is 3.53. The highest BCUT2D eigenvalue weighted by atomic mass is 16.6. The zero-order chi connectivity index (χ0) is 31.9. The van der Waals surface area contributed by atoms with E-state index < -0.39 is 24.1 Å². The molecule has 1 fully saturated rings. The van der Waals surface area contributed by atoms with Crippen molar-refractivity contribution < 1.29 is 28.6 Å². The Morgan fingerprint density at radius 3 is 2.34 bits per heavy atom. The number of aliphatic hydroxyl groups is 1. The van der Waals surface area contributed by atoms with Crippen LogP contribution in [0.15, 0.2) is 70.2 Å². The number of esters is 2. The first kappa shape index (κ1) is 32.8. The first-order valence-corrected chi connectivity index (χ1v) is 15.5. The first-order chi connectivity index (χ1) is 20.9. The number of hydrogen-bond acceptors (Lipinski definition) is 6. The summed E-state index contributed by atoms with van der Waals surface area (Å²) in [5.41, 5.74) is 3.25. The molecule has 1 atom stereocenters. The standard InChI is InChI=1S/C38H44O6/c1-25(2)17-31(18-26(3)4)13-15-32-22-38(23-39,44-37(32)41)24-42-36(40)28(6)19-34-21-33-20-30(14-16-35(33)43-34)12-11-29-9-7-27(5)8-10-29/h7-10,14-16,19-21,25-26,31,39H,13,17-18,22-24H2,1-6H3/b28-19+,32-15+/t38-/m1/s1. The van der Waals surface area contributed by atoms with Gasteiger partial charge in [-0.2, -0.15) is 0 Å². The van der Waals surface area contributed by atoms with E-state index in [1.807, 2.05) is 61.5 Å². The lowest BCUT2D eigenvalue weighted by molar-refractivity contribution is -0.164. The van der Waals surface area contributed by atoms with Gasteiger partial charge >= 0.3 is 11.9 Å². The third-order valence-electron chi connectivity index (χ3n) is 7.76. The summed E-state index contributed by atoms with van der Waals surface area (Å²) in [6.45, 7) is 11.8. The van der Waals surface area contributed by atoms with Gasteiger partial charge in [0.25, 0.3) is 0 Å². The molecule has 2 aromatic carbocycles. The number of carbonyl (C=O) groups excluding carboxylic acids is 2. The molecule has 2 heterocycles. The van der Waals surface area contributed by atoms with Gasteiger partial charge in [0.1, 0.15) is 18.0 Å². The quantitative estimate of drug-likeness (QED) is 0.138. The van der Waals surface area contributed by atoms with E-state index in [-0.39, 0.29) is 13.0 Å². The number of ether oxygens (including phenoxy) is 2. The molecule has 0 unspecified atom stereocenters. The fraction of sp³-hybridized carbons (Fsp3) is 0.421. The molecule has 1 aromatic heterocycles. The number of cyclic esters (lactones) is 1. The Bertz CT molecular complexity index is 1580. The van der Waals surface area contributed by atoms with Crippen LogP contribution in [0.2, 0.25) is 0 Å². The molecule has 6 nitrogen and oxygen atoms in total. The van der Waals surface area contributed by atoms with Crippen LogP contribution in [0, 0.1) is 36.5 Å². The Morgan fingerprint density at radius 2 is 1.68 bits per heavy atom. The number of fused-ring (bicyclic) bond motifs is 1. The van der Waals surface area contributed by atoms with Crippen molar-refractivity contribution in [3.63, 3.8) is 0 Å². The van der Waals surface area contributed by atoms with Crippen LogP contribution in [0.5, 0.6) is 0 Å². The minimum Gasteiger partial charge on any atom is -0.458 e. The molecule has 44 heavy (non-hydrogen) atoms. The summed E-state index contributed by atoms with van der Waals surface area (Å²) < 4.78 is 17.0. The highest BCUT2D eigenvalue weighted by Gasteiger charge is 2.44. The lowest BCUT2D eigenvalue weighted by Gasteiger charge is -2.24. The van der Waals surface area contributed by atoms with Gasteiger partial charge in [0.2, 0.25) is 0 Å². The number of rotatable bonds is 11. The Labute approximate surface area is 261 Å². The monoisotopic (exact) mass is 596 g/mol. The Kier molecular flexibility index (Phi) is 10.9. The van der Waals surface area contributed by atoms with Crippen LogP contribution in [0.3, 0.4) is 0 Å². The van der Waals surface area contributed by atoms with Gasteiger partial charge in [-0.1, -0.05) is 63.3 Å². The summed E-state index contributed by atoms with van der Waals surface area (Å²) in [4.78, 5) is 25.6. The van der Waals surface area contributed by atoms with Gasteiger partial charge in [0.05, 0.1) is 6.61 Å². The smallest absolute Gasteiger partial charge is 0.334 e. The fourth-order valence-corrected chi connectivity index (χ4v) is 5.60. The SMILES string of the molecule is C/C(=C\c1cc2cc(C#Cc3ccc(C)cc3)ccc2o1)C(=O)OC[C@]1(CO)C/C(=C\CC(CC(C)C)CC(C)C)C(=O)O1. The van der Waals surface area contributed by atoms with Gasteiger partial charge in [-0.15, -0.1) is 0 Å². The lowest BCUT2D eigenvalue weighted by Crippen LogP contribution is -2.39. The largest absolute Gasteiger partial charge is 0.458 e. The molecule has 0 saturated carbocycles. The fourth-order valence-electron chi connectivity index (χ4n) is 5.60. The minimum absolute atomic E-state index is 0.202. The molecule has 3 aromatic rings. The van der Waals surface area contributed by atoms with E-state index in [1.54, 1.807) is 13.0 Å². The van der Waals surface area contributed by atoms with Crippen LogP contribution in [0.1, 0.15) is 82.8 Å². The van der Waals surface area contributed by atoms with E-state index in [0.717, 1.165) is 35.8 Å². The van der Waals surface area contributed by atoms with E-state index in [9.17, 15) is 14.7 Å². The molecular weight excluding hydrogens is 552 g/mol. The van der Waals surface area contributed by atoms with Gasteiger partial charge in [-0.05, 0) is 93.3 Å². The number of hydrogen-bond donors (Lipinski definition) is 1. The number of allylic oxidation sites excluding steroid dienone is 1. The maximum Gasteiger partial charge on any atom is 0.334 e. The van der Waals surface area contributed by atoms with E-state index >= 15 is 0 Å². The first-order valence-electron chi connectivity index (χ1n) is 15.5. The molecular formula is C38H44O6. The average molecular weight is 597 g/mol. The lowest BCUT2D eigenvalue weighted by atomic mass is 9.86. The number of aryl methyl sites for hydroxylation is 1. The van der Waals surface area contributed by atoms with E-state index in [4.69, 9.17) is 13.9 Å². The van der Waals surface area contributed by atoms with E-state index in [2.05, 4.69) is 39.5 Å². The van der Waals surface area contributed by atoms with Crippen molar-refractivity contribution in [2.24, 2.45) is 17.8 Å². The van der Waals surface area contributed by atoms with Gasteiger partial charge in [-0.25, -0.2) is 9.59 Å². The zero-order valence-electron chi connectivity index (χ0n) is 26.7. The van der Waals surface area contributed by atoms with Crippen LogP contribution < -0.4 is 0 Å². The zero-order valence-corrected chi connectivity index (χ0v) is 26.7. The third kappa shape index (κ3) is 8.97. The van der Waals surface area contributed by atoms with E-state index in [1.165, 1.54) is 5.56 Å². The Hall–Kier alpha value is -4.08. The summed E-state index contributed by atoms with van der Waals surface area (Å²) in [7, 11) is 0. The maximum absolute atomic E-state index is 12.9. The van der Waals surface area contributed by atoms with Gasteiger partial charge < -0.3 is 19.0 Å². The Balaban J connectivity index is 1.38. The number of aliphatic hydroxyl groups excluding tert-OH is 1. The molecule has 232 valence electrons. The summed E-state index contributed by atoms with van der Waals surface area (Å²) in [6.07, 6.45) is 6.71. The topological polar surface area (TPSA) is 86.0 Å². The molecule has 4 rings (SSSR count).